The van der Waals surface area contributed by atoms with Crippen LogP contribution in [-0.2, 0) is 9.53 Å². The Bertz CT molecular complexity index is 860. The van der Waals surface area contributed by atoms with E-state index in [1.165, 1.54) is 6.42 Å². The summed E-state index contributed by atoms with van der Waals surface area (Å²) in [5.74, 6) is 0.141. The Kier molecular flexibility index (Phi) is 5.48. The summed E-state index contributed by atoms with van der Waals surface area (Å²) >= 11 is 0. The largest absolute Gasteiger partial charge is 0.449 e. The van der Waals surface area contributed by atoms with Gasteiger partial charge in [-0.15, -0.1) is 0 Å². The van der Waals surface area contributed by atoms with Crippen LogP contribution in [0.2, 0.25) is 0 Å². The lowest BCUT2D eigenvalue weighted by Gasteiger charge is -2.35. The highest BCUT2D eigenvalue weighted by Gasteiger charge is 2.30. The van der Waals surface area contributed by atoms with Crippen molar-refractivity contribution in [1.29, 1.82) is 0 Å². The molecule has 1 aliphatic rings. The Morgan fingerprint density at radius 1 is 1.30 bits per heavy atom. The van der Waals surface area contributed by atoms with Crippen molar-refractivity contribution in [3.8, 4) is 0 Å². The number of pyridine rings is 1. The molecule has 2 aromatic heterocycles. The second-order valence-electron chi connectivity index (χ2n) is 7.69. The van der Waals surface area contributed by atoms with Gasteiger partial charge in [-0.2, -0.15) is 0 Å². The van der Waals surface area contributed by atoms with Crippen LogP contribution in [0.4, 0.5) is 0 Å². The number of ether oxygens (including phenoxy) is 1. The van der Waals surface area contributed by atoms with Gasteiger partial charge in [-0.3, -0.25) is 4.79 Å². The van der Waals surface area contributed by atoms with Gasteiger partial charge in [0.25, 0.3) is 11.6 Å². The molecule has 146 valence electrons. The molecule has 2 aromatic rings. The SMILES string of the molecule is Cc1cc(C(=O)O[C@H](C)C(=O)N[C@@H]2CCC[C@H](C)[C@@H]2C)c2c(C)noc2n1. The average molecular weight is 373 g/mol. The maximum absolute atomic E-state index is 12.7. The Balaban J connectivity index is 1.70. The van der Waals surface area contributed by atoms with Crippen molar-refractivity contribution in [2.24, 2.45) is 11.8 Å². The van der Waals surface area contributed by atoms with Crippen LogP contribution < -0.4 is 5.32 Å². The Morgan fingerprint density at radius 3 is 2.78 bits per heavy atom. The number of esters is 1. The number of hydrogen-bond acceptors (Lipinski definition) is 6. The summed E-state index contributed by atoms with van der Waals surface area (Å²) in [5, 5.41) is 7.43. The Labute approximate surface area is 158 Å². The molecule has 0 radical (unpaired) electrons. The summed E-state index contributed by atoms with van der Waals surface area (Å²) in [6, 6.07) is 1.75. The van der Waals surface area contributed by atoms with Gasteiger partial charge in [0, 0.05) is 11.7 Å². The van der Waals surface area contributed by atoms with E-state index in [0.29, 0.717) is 39.9 Å². The number of nitrogens with one attached hydrogen (secondary N) is 1. The molecule has 1 saturated carbocycles. The number of amides is 1. The first-order chi connectivity index (χ1) is 12.8. The lowest BCUT2D eigenvalue weighted by Crippen LogP contribution is -2.47. The van der Waals surface area contributed by atoms with Crippen LogP contribution in [0.3, 0.4) is 0 Å². The van der Waals surface area contributed by atoms with Crippen LogP contribution in [0.15, 0.2) is 10.6 Å². The zero-order chi connectivity index (χ0) is 19.7. The van der Waals surface area contributed by atoms with Gasteiger partial charge >= 0.3 is 5.97 Å². The summed E-state index contributed by atoms with van der Waals surface area (Å²) in [5.41, 5.74) is 1.79. The highest BCUT2D eigenvalue weighted by molar-refractivity contribution is 6.04. The van der Waals surface area contributed by atoms with E-state index in [2.05, 4.69) is 29.3 Å². The molecule has 0 aromatic carbocycles. The van der Waals surface area contributed by atoms with Gasteiger partial charge in [-0.25, -0.2) is 9.78 Å². The normalized spacial score (nSPS) is 23.8. The smallest absolute Gasteiger partial charge is 0.339 e. The molecule has 0 spiro atoms. The first-order valence-electron chi connectivity index (χ1n) is 9.53. The topological polar surface area (TPSA) is 94.3 Å². The third-order valence-electron chi connectivity index (χ3n) is 5.65. The quantitative estimate of drug-likeness (QED) is 0.826. The van der Waals surface area contributed by atoms with E-state index in [4.69, 9.17) is 9.26 Å². The maximum atomic E-state index is 12.7. The standard InChI is InChI=1S/C20H27N3O4/c1-10-7-6-8-16(12(10)3)22-18(24)14(5)26-20(25)15-9-11(2)21-19-17(15)13(4)23-27-19/h9-10,12,14,16H,6-8H2,1-5H3,(H,22,24)/t10-,12-,14+,16+/m0/s1. The fourth-order valence-electron chi connectivity index (χ4n) is 3.74. The molecule has 0 aliphatic heterocycles. The van der Waals surface area contributed by atoms with Gasteiger partial charge in [0.05, 0.1) is 16.6 Å². The number of aryl methyl sites for hydroxylation is 2. The van der Waals surface area contributed by atoms with Crippen molar-refractivity contribution in [2.45, 2.75) is 66.0 Å². The van der Waals surface area contributed by atoms with Gasteiger partial charge in [-0.05, 0) is 45.1 Å². The van der Waals surface area contributed by atoms with Gasteiger partial charge in [0.2, 0.25) is 0 Å². The number of hydrogen-bond donors (Lipinski definition) is 1. The first-order valence-corrected chi connectivity index (χ1v) is 9.53. The third-order valence-corrected chi connectivity index (χ3v) is 5.65. The molecule has 1 fully saturated rings. The minimum atomic E-state index is -0.884. The fraction of sp³-hybridized carbons (Fsp3) is 0.600. The van der Waals surface area contributed by atoms with Crippen LogP contribution in [-0.4, -0.2) is 34.2 Å². The molecule has 1 amide bonds. The van der Waals surface area contributed by atoms with Crippen molar-refractivity contribution < 1.29 is 18.8 Å². The van der Waals surface area contributed by atoms with Crippen molar-refractivity contribution >= 4 is 23.0 Å². The number of rotatable bonds is 4. The molecule has 1 N–H and O–H groups in total. The summed E-state index contributed by atoms with van der Waals surface area (Å²) < 4.78 is 10.6. The van der Waals surface area contributed by atoms with E-state index < -0.39 is 12.1 Å². The number of fused-ring (bicyclic) bond motifs is 1. The van der Waals surface area contributed by atoms with E-state index in [1.54, 1.807) is 26.8 Å². The molecule has 0 bridgehead atoms. The number of nitrogens with zero attached hydrogens (tertiary/aromatic N) is 2. The van der Waals surface area contributed by atoms with E-state index in [1.807, 2.05) is 0 Å². The second-order valence-corrected chi connectivity index (χ2v) is 7.69. The number of carbonyl (C=O) groups excluding carboxylic acids is 2. The highest BCUT2D eigenvalue weighted by atomic mass is 16.5. The summed E-state index contributed by atoms with van der Waals surface area (Å²) in [4.78, 5) is 29.5. The predicted octanol–water partition coefficient (Wildman–Crippen LogP) is 3.33. The lowest BCUT2D eigenvalue weighted by molar-refractivity contribution is -0.130. The van der Waals surface area contributed by atoms with E-state index in [0.717, 1.165) is 12.8 Å². The van der Waals surface area contributed by atoms with Gasteiger partial charge in [-0.1, -0.05) is 31.8 Å². The zero-order valence-corrected chi connectivity index (χ0v) is 16.5. The number of aromatic nitrogens is 2. The highest BCUT2D eigenvalue weighted by Crippen LogP contribution is 2.29. The van der Waals surface area contributed by atoms with Crippen molar-refractivity contribution in [3.63, 3.8) is 0 Å². The molecule has 1 aliphatic carbocycles. The monoisotopic (exact) mass is 373 g/mol. The van der Waals surface area contributed by atoms with E-state index >= 15 is 0 Å². The Morgan fingerprint density at radius 2 is 2.04 bits per heavy atom. The van der Waals surface area contributed by atoms with Crippen LogP contribution >= 0.6 is 0 Å². The molecule has 7 nitrogen and oxygen atoms in total. The van der Waals surface area contributed by atoms with E-state index in [9.17, 15) is 9.59 Å². The molecule has 27 heavy (non-hydrogen) atoms. The maximum Gasteiger partial charge on any atom is 0.339 e. The third kappa shape index (κ3) is 3.96. The molecule has 2 heterocycles. The van der Waals surface area contributed by atoms with Crippen LogP contribution in [0, 0.1) is 25.7 Å². The molecular weight excluding hydrogens is 346 g/mol. The summed E-state index contributed by atoms with van der Waals surface area (Å²) in [7, 11) is 0. The molecule has 0 saturated heterocycles. The minimum absolute atomic E-state index is 0.123. The van der Waals surface area contributed by atoms with Gasteiger partial charge in [0.15, 0.2) is 6.10 Å². The number of carbonyl (C=O) groups is 2. The van der Waals surface area contributed by atoms with Crippen LogP contribution in [0.5, 0.6) is 0 Å². The predicted molar refractivity (Wildman–Crippen MR) is 100 cm³/mol. The molecular formula is C20H27N3O4. The van der Waals surface area contributed by atoms with Crippen LogP contribution in [0.1, 0.15) is 61.8 Å². The molecule has 0 unspecified atom stereocenters. The van der Waals surface area contributed by atoms with Gasteiger partial charge in [0.1, 0.15) is 0 Å². The summed E-state index contributed by atoms with van der Waals surface area (Å²) in [6.45, 7) is 9.47. The zero-order valence-electron chi connectivity index (χ0n) is 16.5. The van der Waals surface area contributed by atoms with E-state index in [-0.39, 0.29) is 11.9 Å². The van der Waals surface area contributed by atoms with Crippen LogP contribution in [0.25, 0.3) is 11.1 Å². The fourth-order valence-corrected chi connectivity index (χ4v) is 3.74. The molecule has 7 heteroatoms. The first kappa shape index (κ1) is 19.3. The lowest BCUT2D eigenvalue weighted by atomic mass is 9.78. The second kappa shape index (κ2) is 7.66. The molecule has 3 rings (SSSR count). The average Bonchev–Trinajstić information content (AvgIpc) is 2.98. The minimum Gasteiger partial charge on any atom is -0.449 e. The summed E-state index contributed by atoms with van der Waals surface area (Å²) in [6.07, 6.45) is 2.37. The van der Waals surface area contributed by atoms with Crippen molar-refractivity contribution in [3.05, 3.63) is 23.0 Å². The molecule has 4 atom stereocenters. The van der Waals surface area contributed by atoms with Gasteiger partial charge < -0.3 is 14.6 Å². The van der Waals surface area contributed by atoms with Crippen molar-refractivity contribution in [1.82, 2.24) is 15.5 Å². The van der Waals surface area contributed by atoms with Crippen molar-refractivity contribution in [2.75, 3.05) is 0 Å². The Hall–Kier alpha value is -2.44.